The van der Waals surface area contributed by atoms with Gasteiger partial charge in [-0.2, -0.15) is 4.31 Å². The van der Waals surface area contributed by atoms with E-state index in [4.69, 9.17) is 0 Å². The van der Waals surface area contributed by atoms with Crippen LogP contribution in [-0.4, -0.2) is 72.4 Å². The van der Waals surface area contributed by atoms with Crippen LogP contribution in [-0.2, 0) is 10.0 Å². The summed E-state index contributed by atoms with van der Waals surface area (Å²) in [6, 6.07) is 0. The molecule has 2 rings (SSSR count). The van der Waals surface area contributed by atoms with Gasteiger partial charge in [0.25, 0.3) is 0 Å². The zero-order chi connectivity index (χ0) is 12.5. The van der Waals surface area contributed by atoms with E-state index >= 15 is 0 Å². The van der Waals surface area contributed by atoms with E-state index in [2.05, 4.69) is 25.8 Å². The van der Waals surface area contributed by atoms with Crippen molar-refractivity contribution in [1.29, 1.82) is 0 Å². The zero-order valence-electron chi connectivity index (χ0n) is 9.67. The molecule has 2 aliphatic heterocycles. The average Bonchev–Trinajstić information content (AvgIpc) is 2.76. The van der Waals surface area contributed by atoms with Crippen LogP contribution in [0.15, 0.2) is 4.99 Å². The molecule has 0 bridgehead atoms. The van der Waals surface area contributed by atoms with Gasteiger partial charge in [0, 0.05) is 36.8 Å². The number of aliphatic imine (C=N–C) groups is 1. The van der Waals surface area contributed by atoms with Gasteiger partial charge in [-0.05, 0) is 0 Å². The van der Waals surface area contributed by atoms with Gasteiger partial charge in [-0.3, -0.25) is 4.99 Å². The molecule has 1 fully saturated rings. The number of sulfonamides is 1. The SMILES string of the molecule is CS(=O)(=O)N1CCN(C2=NCC(CBr)S2)CC1. The van der Waals surface area contributed by atoms with Crippen molar-refractivity contribution >= 4 is 42.9 Å². The molecule has 0 amide bonds. The van der Waals surface area contributed by atoms with E-state index in [0.29, 0.717) is 18.3 Å². The van der Waals surface area contributed by atoms with E-state index in [1.807, 2.05) is 0 Å². The lowest BCUT2D eigenvalue weighted by atomic mass is 10.4. The van der Waals surface area contributed by atoms with Gasteiger partial charge in [-0.25, -0.2) is 8.42 Å². The highest BCUT2D eigenvalue weighted by Gasteiger charge is 2.28. The van der Waals surface area contributed by atoms with E-state index in [-0.39, 0.29) is 0 Å². The maximum absolute atomic E-state index is 11.4. The van der Waals surface area contributed by atoms with Gasteiger partial charge in [0.1, 0.15) is 0 Å². The number of alkyl halides is 1. The van der Waals surface area contributed by atoms with Crippen molar-refractivity contribution in [2.45, 2.75) is 5.25 Å². The molecule has 1 saturated heterocycles. The molecule has 17 heavy (non-hydrogen) atoms. The lowest BCUT2D eigenvalue weighted by Gasteiger charge is -2.34. The van der Waals surface area contributed by atoms with Crippen LogP contribution >= 0.6 is 27.7 Å². The number of hydrogen-bond acceptors (Lipinski definition) is 5. The molecular weight excluding hydrogens is 326 g/mol. The Morgan fingerprint density at radius 2 is 2.06 bits per heavy atom. The maximum Gasteiger partial charge on any atom is 0.211 e. The first kappa shape index (κ1) is 13.6. The minimum atomic E-state index is -3.04. The van der Waals surface area contributed by atoms with Crippen LogP contribution in [0.5, 0.6) is 0 Å². The highest BCUT2D eigenvalue weighted by molar-refractivity contribution is 9.09. The molecule has 1 atom stereocenters. The van der Waals surface area contributed by atoms with E-state index in [1.165, 1.54) is 10.6 Å². The molecule has 0 saturated carbocycles. The Hall–Kier alpha value is 0.210. The number of amidine groups is 1. The fourth-order valence-electron chi connectivity index (χ4n) is 1.87. The molecule has 5 nitrogen and oxygen atoms in total. The second kappa shape index (κ2) is 5.46. The topological polar surface area (TPSA) is 53.0 Å². The van der Waals surface area contributed by atoms with Gasteiger partial charge in [0.15, 0.2) is 5.17 Å². The summed E-state index contributed by atoms with van der Waals surface area (Å²) in [6.07, 6.45) is 1.27. The zero-order valence-corrected chi connectivity index (χ0v) is 12.9. The smallest absolute Gasteiger partial charge is 0.211 e. The first-order valence-corrected chi connectivity index (χ1v) is 9.33. The van der Waals surface area contributed by atoms with Gasteiger partial charge in [-0.1, -0.05) is 27.7 Å². The highest BCUT2D eigenvalue weighted by Crippen LogP contribution is 2.25. The summed E-state index contributed by atoms with van der Waals surface area (Å²) in [5.74, 6) is 0. The predicted octanol–water partition coefficient (Wildman–Crippen LogP) is 0.430. The van der Waals surface area contributed by atoms with Crippen molar-refractivity contribution in [3.05, 3.63) is 0 Å². The van der Waals surface area contributed by atoms with Crippen LogP contribution in [0.25, 0.3) is 0 Å². The first-order chi connectivity index (χ1) is 8.00. The third-order valence-corrected chi connectivity index (χ3v) is 6.61. The summed E-state index contributed by atoms with van der Waals surface area (Å²) in [4.78, 5) is 6.70. The number of nitrogens with zero attached hydrogens (tertiary/aromatic N) is 3. The monoisotopic (exact) mass is 341 g/mol. The molecule has 98 valence electrons. The van der Waals surface area contributed by atoms with Gasteiger partial charge in [0.05, 0.1) is 12.8 Å². The average molecular weight is 342 g/mol. The summed E-state index contributed by atoms with van der Waals surface area (Å²) in [5, 5.41) is 2.55. The molecule has 0 N–H and O–H groups in total. The lowest BCUT2D eigenvalue weighted by Crippen LogP contribution is -2.49. The minimum Gasteiger partial charge on any atom is -0.349 e. The fourth-order valence-corrected chi connectivity index (χ4v) is 4.29. The summed E-state index contributed by atoms with van der Waals surface area (Å²) in [7, 11) is -3.04. The van der Waals surface area contributed by atoms with E-state index < -0.39 is 10.0 Å². The molecule has 0 aromatic carbocycles. The minimum absolute atomic E-state index is 0.526. The largest absolute Gasteiger partial charge is 0.349 e. The van der Waals surface area contributed by atoms with Crippen molar-refractivity contribution in [3.8, 4) is 0 Å². The van der Waals surface area contributed by atoms with Gasteiger partial charge in [0.2, 0.25) is 10.0 Å². The molecule has 0 spiro atoms. The van der Waals surface area contributed by atoms with Crippen LogP contribution in [0, 0.1) is 0 Å². The lowest BCUT2D eigenvalue weighted by molar-refractivity contribution is 0.270. The predicted molar refractivity (Wildman–Crippen MR) is 75.5 cm³/mol. The second-order valence-electron chi connectivity index (χ2n) is 4.17. The normalized spacial score (nSPS) is 27.3. The van der Waals surface area contributed by atoms with Crippen molar-refractivity contribution in [2.24, 2.45) is 4.99 Å². The number of hydrogen-bond donors (Lipinski definition) is 0. The van der Waals surface area contributed by atoms with Crippen LogP contribution in [0.4, 0.5) is 0 Å². The van der Waals surface area contributed by atoms with Crippen molar-refractivity contribution in [3.63, 3.8) is 0 Å². The summed E-state index contributed by atoms with van der Waals surface area (Å²) >= 11 is 5.25. The molecule has 2 aliphatic rings. The molecule has 0 radical (unpaired) electrons. The standard InChI is InChI=1S/C9H16BrN3O2S2/c1-17(14,15)13-4-2-12(3-5-13)9-11-7-8(6-10)16-9/h8H,2-7H2,1H3. The Bertz CT molecular complexity index is 404. The number of halogens is 1. The summed E-state index contributed by atoms with van der Waals surface area (Å²) < 4.78 is 24.3. The van der Waals surface area contributed by atoms with Crippen LogP contribution in [0.1, 0.15) is 0 Å². The van der Waals surface area contributed by atoms with Crippen LogP contribution < -0.4 is 0 Å². The summed E-state index contributed by atoms with van der Waals surface area (Å²) in [5.41, 5.74) is 0. The molecule has 2 heterocycles. The second-order valence-corrected chi connectivity index (χ2v) is 8.06. The highest BCUT2D eigenvalue weighted by atomic mass is 79.9. The fraction of sp³-hybridized carbons (Fsp3) is 0.889. The van der Waals surface area contributed by atoms with Crippen molar-refractivity contribution in [2.75, 3.05) is 44.3 Å². The quantitative estimate of drug-likeness (QED) is 0.683. The van der Waals surface area contributed by atoms with Crippen molar-refractivity contribution < 1.29 is 8.42 Å². The van der Waals surface area contributed by atoms with Crippen LogP contribution in [0.2, 0.25) is 0 Å². The Labute approximate surface area is 115 Å². The molecule has 0 aliphatic carbocycles. The Kier molecular flexibility index (Phi) is 4.38. The number of thioether (sulfide) groups is 1. The van der Waals surface area contributed by atoms with Crippen LogP contribution in [0.3, 0.4) is 0 Å². The molecular formula is C9H16BrN3O2S2. The molecule has 0 aromatic rings. The van der Waals surface area contributed by atoms with E-state index in [1.54, 1.807) is 11.8 Å². The van der Waals surface area contributed by atoms with E-state index in [9.17, 15) is 8.42 Å². The third kappa shape index (κ3) is 3.36. The van der Waals surface area contributed by atoms with E-state index in [0.717, 1.165) is 30.1 Å². The summed E-state index contributed by atoms with van der Waals surface area (Å²) in [6.45, 7) is 3.48. The number of rotatable bonds is 2. The maximum atomic E-state index is 11.4. The van der Waals surface area contributed by atoms with Gasteiger partial charge >= 0.3 is 0 Å². The first-order valence-electron chi connectivity index (χ1n) is 5.48. The Morgan fingerprint density at radius 1 is 1.41 bits per heavy atom. The number of piperazine rings is 1. The van der Waals surface area contributed by atoms with Gasteiger partial charge < -0.3 is 4.90 Å². The molecule has 1 unspecified atom stereocenters. The Balaban J connectivity index is 1.88. The Morgan fingerprint density at radius 3 is 2.53 bits per heavy atom. The molecule has 0 aromatic heterocycles. The molecule has 8 heteroatoms. The van der Waals surface area contributed by atoms with Gasteiger partial charge in [-0.15, -0.1) is 0 Å². The third-order valence-electron chi connectivity index (χ3n) is 2.85. The van der Waals surface area contributed by atoms with Crippen molar-refractivity contribution in [1.82, 2.24) is 9.21 Å².